The van der Waals surface area contributed by atoms with Crippen LogP contribution in [0.15, 0.2) is 55.0 Å². The van der Waals surface area contributed by atoms with Crippen molar-refractivity contribution in [3.63, 3.8) is 0 Å². The highest BCUT2D eigenvalue weighted by Crippen LogP contribution is 2.27. The first kappa shape index (κ1) is 12.2. The molecule has 0 aliphatic carbocycles. The quantitative estimate of drug-likeness (QED) is 0.791. The number of hydrogen-bond acceptors (Lipinski definition) is 4. The molecule has 0 unspecified atom stereocenters. The molecular weight excluding hydrogens is 252 g/mol. The van der Waals surface area contributed by atoms with E-state index in [1.54, 1.807) is 30.4 Å². The predicted molar refractivity (Wildman–Crippen MR) is 77.8 cm³/mol. The third-order valence-electron chi connectivity index (χ3n) is 3.01. The lowest BCUT2D eigenvalue weighted by molar-refractivity contribution is 0.415. The zero-order valence-electron chi connectivity index (χ0n) is 11.0. The maximum Gasteiger partial charge on any atom is 0.119 e. The van der Waals surface area contributed by atoms with Gasteiger partial charge >= 0.3 is 0 Å². The van der Waals surface area contributed by atoms with Gasteiger partial charge in [-0.05, 0) is 24.3 Å². The first-order valence-corrected chi connectivity index (χ1v) is 6.18. The second kappa shape index (κ2) is 5.05. The van der Waals surface area contributed by atoms with Crippen molar-refractivity contribution in [2.75, 3.05) is 12.8 Å². The van der Waals surface area contributed by atoms with Crippen LogP contribution in [0, 0.1) is 0 Å². The molecule has 0 spiro atoms. The summed E-state index contributed by atoms with van der Waals surface area (Å²) in [4.78, 5) is 3.99. The molecule has 2 N–H and O–H groups in total. The SMILES string of the molecule is COc1cccc(-c2nn(-c3ccncc3)cc2N)c1. The Bertz CT molecular complexity index is 722. The number of ether oxygens (including phenoxy) is 1. The Morgan fingerprint density at radius 3 is 2.70 bits per heavy atom. The van der Waals surface area contributed by atoms with Crippen LogP contribution < -0.4 is 10.5 Å². The summed E-state index contributed by atoms with van der Waals surface area (Å²) in [5.74, 6) is 0.778. The fraction of sp³-hybridized carbons (Fsp3) is 0.0667. The molecule has 3 rings (SSSR count). The highest BCUT2D eigenvalue weighted by molar-refractivity contribution is 5.73. The topological polar surface area (TPSA) is 66.0 Å². The predicted octanol–water partition coefficient (Wildman–Crippen LogP) is 2.53. The standard InChI is InChI=1S/C15H14N4O/c1-20-13-4-2-3-11(9-13)15-14(16)10-19(18-15)12-5-7-17-8-6-12/h2-10H,16H2,1H3. The number of aromatic nitrogens is 3. The highest BCUT2D eigenvalue weighted by atomic mass is 16.5. The molecule has 20 heavy (non-hydrogen) atoms. The molecule has 0 aliphatic heterocycles. The fourth-order valence-corrected chi connectivity index (χ4v) is 2.01. The Morgan fingerprint density at radius 2 is 1.95 bits per heavy atom. The first-order valence-electron chi connectivity index (χ1n) is 6.18. The lowest BCUT2D eigenvalue weighted by Gasteiger charge is -2.03. The van der Waals surface area contributed by atoms with E-state index >= 15 is 0 Å². The molecule has 3 aromatic rings. The Labute approximate surface area is 116 Å². The van der Waals surface area contributed by atoms with Crippen molar-refractivity contribution in [1.29, 1.82) is 0 Å². The van der Waals surface area contributed by atoms with Gasteiger partial charge in [0.2, 0.25) is 0 Å². The minimum absolute atomic E-state index is 0.620. The van der Waals surface area contributed by atoms with Gasteiger partial charge in [0.05, 0.1) is 24.7 Å². The second-order valence-corrected chi connectivity index (χ2v) is 4.31. The van der Waals surface area contributed by atoms with Gasteiger partial charge in [-0.15, -0.1) is 0 Å². The monoisotopic (exact) mass is 266 g/mol. The van der Waals surface area contributed by atoms with E-state index in [1.165, 1.54) is 0 Å². The van der Waals surface area contributed by atoms with Crippen LogP contribution in [0.3, 0.4) is 0 Å². The van der Waals surface area contributed by atoms with E-state index in [0.717, 1.165) is 22.7 Å². The molecule has 100 valence electrons. The summed E-state index contributed by atoms with van der Waals surface area (Å²) < 4.78 is 6.97. The van der Waals surface area contributed by atoms with E-state index in [9.17, 15) is 0 Å². The number of methoxy groups -OCH3 is 1. The van der Waals surface area contributed by atoms with Crippen LogP contribution in [0.2, 0.25) is 0 Å². The van der Waals surface area contributed by atoms with Gasteiger partial charge in [0.1, 0.15) is 11.4 Å². The molecule has 0 radical (unpaired) electrons. The molecule has 5 nitrogen and oxygen atoms in total. The molecule has 0 bridgehead atoms. The fourth-order valence-electron chi connectivity index (χ4n) is 2.01. The molecule has 0 saturated carbocycles. The molecule has 0 fully saturated rings. The smallest absolute Gasteiger partial charge is 0.119 e. The Kier molecular flexibility index (Phi) is 3.09. The van der Waals surface area contributed by atoms with Gasteiger partial charge in [-0.25, -0.2) is 4.68 Å². The minimum atomic E-state index is 0.620. The summed E-state index contributed by atoms with van der Waals surface area (Å²) in [6.07, 6.45) is 5.24. The number of anilines is 1. The Balaban J connectivity index is 2.05. The lowest BCUT2D eigenvalue weighted by Crippen LogP contribution is -1.94. The third-order valence-corrected chi connectivity index (χ3v) is 3.01. The van der Waals surface area contributed by atoms with Crippen LogP contribution in [-0.4, -0.2) is 21.9 Å². The average Bonchev–Trinajstić information content (AvgIpc) is 2.90. The van der Waals surface area contributed by atoms with Crippen LogP contribution in [0.25, 0.3) is 16.9 Å². The molecule has 0 saturated heterocycles. The van der Waals surface area contributed by atoms with Gasteiger partial charge < -0.3 is 10.5 Å². The Hall–Kier alpha value is -2.82. The van der Waals surface area contributed by atoms with E-state index in [-0.39, 0.29) is 0 Å². The van der Waals surface area contributed by atoms with Crippen LogP contribution >= 0.6 is 0 Å². The van der Waals surface area contributed by atoms with Crippen molar-refractivity contribution in [3.05, 3.63) is 55.0 Å². The molecule has 2 heterocycles. The summed E-state index contributed by atoms with van der Waals surface area (Å²) in [6, 6.07) is 11.4. The maximum absolute atomic E-state index is 6.06. The van der Waals surface area contributed by atoms with Crippen LogP contribution in [0.4, 0.5) is 5.69 Å². The number of nitrogen functional groups attached to an aromatic ring is 1. The minimum Gasteiger partial charge on any atom is -0.497 e. The maximum atomic E-state index is 6.06. The van der Waals surface area contributed by atoms with Crippen molar-refractivity contribution in [1.82, 2.24) is 14.8 Å². The summed E-state index contributed by atoms with van der Waals surface area (Å²) in [5.41, 5.74) is 9.26. The summed E-state index contributed by atoms with van der Waals surface area (Å²) in [7, 11) is 1.64. The van der Waals surface area contributed by atoms with E-state index in [0.29, 0.717) is 5.69 Å². The molecule has 0 amide bonds. The van der Waals surface area contributed by atoms with Gasteiger partial charge in [-0.1, -0.05) is 12.1 Å². The number of rotatable bonds is 3. The van der Waals surface area contributed by atoms with Crippen LogP contribution in [-0.2, 0) is 0 Å². The number of hydrogen-bond donors (Lipinski definition) is 1. The number of pyridine rings is 1. The summed E-state index contributed by atoms with van der Waals surface area (Å²) in [6.45, 7) is 0. The van der Waals surface area contributed by atoms with E-state index in [2.05, 4.69) is 10.1 Å². The normalized spacial score (nSPS) is 10.4. The number of benzene rings is 1. The average molecular weight is 266 g/mol. The summed E-state index contributed by atoms with van der Waals surface area (Å²) in [5, 5.41) is 4.53. The zero-order valence-corrected chi connectivity index (χ0v) is 11.0. The van der Waals surface area contributed by atoms with Crippen molar-refractivity contribution < 1.29 is 4.74 Å². The van der Waals surface area contributed by atoms with E-state index in [1.807, 2.05) is 36.4 Å². The van der Waals surface area contributed by atoms with Crippen molar-refractivity contribution in [2.45, 2.75) is 0 Å². The van der Waals surface area contributed by atoms with Crippen LogP contribution in [0.1, 0.15) is 0 Å². The van der Waals surface area contributed by atoms with Crippen molar-refractivity contribution in [2.24, 2.45) is 0 Å². The second-order valence-electron chi connectivity index (χ2n) is 4.31. The number of nitrogens with zero attached hydrogens (tertiary/aromatic N) is 3. The molecule has 0 atom stereocenters. The zero-order chi connectivity index (χ0) is 13.9. The van der Waals surface area contributed by atoms with Crippen molar-refractivity contribution >= 4 is 5.69 Å². The molecule has 0 aliphatic rings. The molecule has 2 aromatic heterocycles. The van der Waals surface area contributed by atoms with Gasteiger partial charge in [-0.2, -0.15) is 5.10 Å². The first-order chi connectivity index (χ1) is 9.78. The van der Waals surface area contributed by atoms with Gasteiger partial charge in [0.25, 0.3) is 0 Å². The van der Waals surface area contributed by atoms with Gasteiger partial charge in [-0.3, -0.25) is 4.98 Å². The molecular formula is C15H14N4O. The molecule has 5 heteroatoms. The lowest BCUT2D eigenvalue weighted by atomic mass is 10.1. The third kappa shape index (κ3) is 2.21. The number of nitrogens with two attached hydrogens (primary N) is 1. The van der Waals surface area contributed by atoms with Gasteiger partial charge in [0, 0.05) is 18.0 Å². The summed E-state index contributed by atoms with van der Waals surface area (Å²) >= 11 is 0. The van der Waals surface area contributed by atoms with Crippen molar-refractivity contribution in [3.8, 4) is 22.7 Å². The van der Waals surface area contributed by atoms with Gasteiger partial charge in [0.15, 0.2) is 0 Å². The van der Waals surface area contributed by atoms with Crippen LogP contribution in [0.5, 0.6) is 5.75 Å². The van der Waals surface area contributed by atoms with E-state index < -0.39 is 0 Å². The highest BCUT2D eigenvalue weighted by Gasteiger charge is 2.10. The molecule has 1 aromatic carbocycles. The van der Waals surface area contributed by atoms with E-state index in [4.69, 9.17) is 10.5 Å². The largest absolute Gasteiger partial charge is 0.497 e. The Morgan fingerprint density at radius 1 is 1.15 bits per heavy atom.